The van der Waals surface area contributed by atoms with Gasteiger partial charge in [0.15, 0.2) is 0 Å². The summed E-state index contributed by atoms with van der Waals surface area (Å²) in [7, 11) is 1.74. The van der Waals surface area contributed by atoms with E-state index in [1.807, 2.05) is 6.07 Å². The molecule has 0 radical (unpaired) electrons. The van der Waals surface area contributed by atoms with Gasteiger partial charge in [0.1, 0.15) is 5.75 Å². The Morgan fingerprint density at radius 3 is 3.00 bits per heavy atom. The van der Waals surface area contributed by atoms with E-state index < -0.39 is 0 Å². The molecule has 0 aromatic heterocycles. The van der Waals surface area contributed by atoms with Gasteiger partial charge in [-0.3, -0.25) is 0 Å². The number of methoxy groups -OCH3 is 1. The van der Waals surface area contributed by atoms with Crippen molar-refractivity contribution in [3.63, 3.8) is 0 Å². The summed E-state index contributed by atoms with van der Waals surface area (Å²) in [6, 6.07) is 7.14. The second kappa shape index (κ2) is 4.57. The van der Waals surface area contributed by atoms with Crippen molar-refractivity contribution in [1.82, 2.24) is 5.32 Å². The first-order valence-electron chi connectivity index (χ1n) is 6.52. The molecular formula is C14H20N2O. The van der Waals surface area contributed by atoms with Crippen LogP contribution in [0.3, 0.4) is 0 Å². The van der Waals surface area contributed by atoms with E-state index >= 15 is 0 Å². The molecule has 3 rings (SSSR count). The largest absolute Gasteiger partial charge is 0.495 e. The van der Waals surface area contributed by atoms with E-state index in [0.717, 1.165) is 24.9 Å². The Hall–Kier alpha value is -1.22. The summed E-state index contributed by atoms with van der Waals surface area (Å²) in [5.41, 5.74) is 2.60. The molecule has 0 amide bonds. The molecule has 2 N–H and O–H groups in total. The van der Waals surface area contributed by atoms with Gasteiger partial charge in [-0.05, 0) is 30.9 Å². The van der Waals surface area contributed by atoms with Crippen LogP contribution < -0.4 is 15.4 Å². The normalized spacial score (nSPS) is 22.8. The number of anilines is 1. The first-order valence-corrected chi connectivity index (χ1v) is 6.52. The molecule has 1 aliphatic heterocycles. The summed E-state index contributed by atoms with van der Waals surface area (Å²) in [5.74, 6) is 1.60. The van der Waals surface area contributed by atoms with E-state index in [4.69, 9.17) is 4.74 Å². The Balaban J connectivity index is 1.79. The highest BCUT2D eigenvalue weighted by Crippen LogP contribution is 2.38. The van der Waals surface area contributed by atoms with Crippen LogP contribution in [0.2, 0.25) is 0 Å². The fraction of sp³-hybridized carbons (Fsp3) is 0.571. The third-order valence-corrected chi connectivity index (χ3v) is 3.74. The molecule has 1 aromatic rings. The number of nitrogens with one attached hydrogen (secondary N) is 2. The summed E-state index contributed by atoms with van der Waals surface area (Å²) in [5, 5.41) is 7.10. The van der Waals surface area contributed by atoms with Crippen LogP contribution in [0.4, 0.5) is 5.69 Å². The zero-order valence-corrected chi connectivity index (χ0v) is 10.3. The molecule has 17 heavy (non-hydrogen) atoms. The number of benzene rings is 1. The number of ether oxygens (including phenoxy) is 1. The predicted octanol–water partition coefficient (Wildman–Crippen LogP) is 2.35. The van der Waals surface area contributed by atoms with E-state index in [2.05, 4.69) is 22.8 Å². The Morgan fingerprint density at radius 1 is 1.35 bits per heavy atom. The number of rotatable bonds is 4. The van der Waals surface area contributed by atoms with Crippen molar-refractivity contribution < 1.29 is 4.74 Å². The topological polar surface area (TPSA) is 33.3 Å². The van der Waals surface area contributed by atoms with Gasteiger partial charge in [-0.25, -0.2) is 0 Å². The maximum absolute atomic E-state index is 5.42. The molecule has 2 aliphatic rings. The highest BCUT2D eigenvalue weighted by molar-refractivity contribution is 5.64. The number of hydrogen-bond acceptors (Lipinski definition) is 3. The first kappa shape index (κ1) is 10.9. The quantitative estimate of drug-likeness (QED) is 0.836. The van der Waals surface area contributed by atoms with Gasteiger partial charge >= 0.3 is 0 Å². The fourth-order valence-corrected chi connectivity index (χ4v) is 2.58. The number of fused-ring (bicyclic) bond motifs is 1. The Labute approximate surface area is 103 Å². The minimum atomic E-state index is 0.627. The van der Waals surface area contributed by atoms with Crippen molar-refractivity contribution in [1.29, 1.82) is 0 Å². The van der Waals surface area contributed by atoms with Crippen LogP contribution in [0.1, 0.15) is 30.7 Å². The summed E-state index contributed by atoms with van der Waals surface area (Å²) in [6.07, 6.45) is 3.92. The van der Waals surface area contributed by atoms with E-state index in [-0.39, 0.29) is 0 Å². The average molecular weight is 232 g/mol. The van der Waals surface area contributed by atoms with Crippen molar-refractivity contribution >= 4 is 5.69 Å². The van der Waals surface area contributed by atoms with Gasteiger partial charge in [0.25, 0.3) is 0 Å². The molecule has 3 nitrogen and oxygen atoms in total. The molecule has 1 saturated carbocycles. The molecule has 1 aromatic carbocycles. The Bertz CT molecular complexity index is 401. The smallest absolute Gasteiger partial charge is 0.142 e. The molecule has 1 heterocycles. The lowest BCUT2D eigenvalue weighted by atomic mass is 9.90. The second-order valence-corrected chi connectivity index (χ2v) is 5.02. The van der Waals surface area contributed by atoms with Crippen LogP contribution in [0, 0.1) is 0 Å². The van der Waals surface area contributed by atoms with Crippen LogP contribution in [-0.2, 0) is 0 Å². The minimum absolute atomic E-state index is 0.627. The summed E-state index contributed by atoms with van der Waals surface area (Å²) >= 11 is 0. The molecule has 92 valence electrons. The van der Waals surface area contributed by atoms with Crippen LogP contribution in [0.25, 0.3) is 0 Å². The zero-order chi connectivity index (χ0) is 11.7. The molecule has 0 bridgehead atoms. The molecule has 1 aliphatic carbocycles. The third-order valence-electron chi connectivity index (χ3n) is 3.74. The molecule has 0 spiro atoms. The highest BCUT2D eigenvalue weighted by atomic mass is 16.5. The number of hydrogen-bond donors (Lipinski definition) is 2. The highest BCUT2D eigenvalue weighted by Gasteiger charge is 2.26. The van der Waals surface area contributed by atoms with Crippen LogP contribution in [0.15, 0.2) is 18.2 Å². The second-order valence-electron chi connectivity index (χ2n) is 5.02. The molecule has 1 fully saturated rings. The third kappa shape index (κ3) is 2.25. The lowest BCUT2D eigenvalue weighted by Gasteiger charge is -2.28. The summed E-state index contributed by atoms with van der Waals surface area (Å²) in [4.78, 5) is 0. The molecule has 1 atom stereocenters. The van der Waals surface area contributed by atoms with Crippen molar-refractivity contribution in [3.8, 4) is 5.75 Å². The predicted molar refractivity (Wildman–Crippen MR) is 69.9 cm³/mol. The lowest BCUT2D eigenvalue weighted by Crippen LogP contribution is -2.28. The van der Waals surface area contributed by atoms with Crippen molar-refractivity contribution in [2.24, 2.45) is 0 Å². The van der Waals surface area contributed by atoms with Crippen LogP contribution in [-0.4, -0.2) is 26.2 Å². The van der Waals surface area contributed by atoms with Gasteiger partial charge in [-0.2, -0.15) is 0 Å². The van der Waals surface area contributed by atoms with Crippen molar-refractivity contribution in [3.05, 3.63) is 23.8 Å². The molecule has 1 unspecified atom stereocenters. The van der Waals surface area contributed by atoms with Gasteiger partial charge < -0.3 is 15.4 Å². The van der Waals surface area contributed by atoms with E-state index in [9.17, 15) is 0 Å². The van der Waals surface area contributed by atoms with Gasteiger partial charge in [-0.1, -0.05) is 12.1 Å². The summed E-state index contributed by atoms with van der Waals surface area (Å²) in [6.45, 7) is 2.15. The monoisotopic (exact) mass is 232 g/mol. The van der Waals surface area contributed by atoms with Crippen LogP contribution >= 0.6 is 0 Å². The maximum atomic E-state index is 5.42. The maximum Gasteiger partial charge on any atom is 0.142 e. The lowest BCUT2D eigenvalue weighted by molar-refractivity contribution is 0.413. The Kier molecular flexibility index (Phi) is 2.93. The summed E-state index contributed by atoms with van der Waals surface area (Å²) < 4.78 is 5.42. The molecule has 3 heteroatoms. The zero-order valence-electron chi connectivity index (χ0n) is 10.3. The number of para-hydroxylation sites is 1. The van der Waals surface area contributed by atoms with E-state index in [0.29, 0.717) is 5.92 Å². The van der Waals surface area contributed by atoms with Gasteiger partial charge in [-0.15, -0.1) is 0 Å². The average Bonchev–Trinajstić information content (AvgIpc) is 3.19. The van der Waals surface area contributed by atoms with Gasteiger partial charge in [0.2, 0.25) is 0 Å². The van der Waals surface area contributed by atoms with E-state index in [1.54, 1.807) is 7.11 Å². The molecule has 0 saturated heterocycles. The Morgan fingerprint density at radius 2 is 2.24 bits per heavy atom. The van der Waals surface area contributed by atoms with E-state index in [1.165, 1.54) is 30.5 Å². The van der Waals surface area contributed by atoms with Crippen LogP contribution in [0.5, 0.6) is 5.75 Å². The fourth-order valence-electron chi connectivity index (χ4n) is 2.58. The van der Waals surface area contributed by atoms with Crippen molar-refractivity contribution in [2.75, 3.05) is 25.5 Å². The van der Waals surface area contributed by atoms with Gasteiger partial charge in [0, 0.05) is 25.0 Å². The first-order chi connectivity index (χ1) is 8.38. The van der Waals surface area contributed by atoms with Gasteiger partial charge in [0.05, 0.1) is 12.8 Å². The molecular weight excluding hydrogens is 212 g/mol. The SMILES string of the molecule is COc1cccc2c1NCCC2CNC1CC1. The standard InChI is InChI=1S/C14H20N2O/c1-17-13-4-2-3-12-10(7-8-15-14(12)13)9-16-11-5-6-11/h2-4,10-11,15-16H,5-9H2,1H3. The minimum Gasteiger partial charge on any atom is -0.495 e. The van der Waals surface area contributed by atoms with Crippen molar-refractivity contribution in [2.45, 2.75) is 31.2 Å².